The first kappa shape index (κ1) is 11.5. The maximum Gasteiger partial charge on any atom is 0.0813 e. The van der Waals surface area contributed by atoms with Crippen LogP contribution in [0.15, 0.2) is 46.4 Å². The number of rotatable bonds is 2. The first-order valence-electron chi connectivity index (χ1n) is 5.38. The van der Waals surface area contributed by atoms with Crippen molar-refractivity contribution in [1.29, 1.82) is 0 Å². The average molecular weight is 320 g/mol. The van der Waals surface area contributed by atoms with Gasteiger partial charge in [0.05, 0.1) is 21.4 Å². The Labute approximate surface area is 117 Å². The molecule has 0 atom stereocenters. The maximum absolute atomic E-state index is 5.72. The third-order valence-corrected chi connectivity index (χ3v) is 4.05. The lowest BCUT2D eigenvalue weighted by Gasteiger charge is -2.09. The van der Waals surface area contributed by atoms with Crippen LogP contribution in [0.2, 0.25) is 0 Å². The number of nitrogen functional groups attached to an aromatic ring is 1. The molecule has 0 radical (unpaired) electrons. The second-order valence-electron chi connectivity index (χ2n) is 3.90. The Morgan fingerprint density at radius 2 is 2.06 bits per heavy atom. The van der Waals surface area contributed by atoms with Crippen molar-refractivity contribution in [2.24, 2.45) is 0 Å². The van der Waals surface area contributed by atoms with Crippen molar-refractivity contribution < 1.29 is 0 Å². The molecule has 0 fully saturated rings. The van der Waals surface area contributed by atoms with Gasteiger partial charge in [0, 0.05) is 15.8 Å². The van der Waals surface area contributed by atoms with Gasteiger partial charge in [-0.15, -0.1) is 11.3 Å². The fourth-order valence-electron chi connectivity index (χ4n) is 1.72. The van der Waals surface area contributed by atoms with Gasteiger partial charge in [0.2, 0.25) is 0 Å². The number of aromatic nitrogens is 1. The third kappa shape index (κ3) is 2.19. The fourth-order valence-corrected chi connectivity index (χ4v) is 2.93. The molecule has 0 aliphatic rings. The van der Waals surface area contributed by atoms with Gasteiger partial charge >= 0.3 is 0 Å². The van der Waals surface area contributed by atoms with Crippen LogP contribution in [0.5, 0.6) is 0 Å². The van der Waals surface area contributed by atoms with Crippen molar-refractivity contribution >= 4 is 54.5 Å². The molecule has 0 spiro atoms. The van der Waals surface area contributed by atoms with Gasteiger partial charge in [-0.2, -0.15) is 0 Å². The summed E-state index contributed by atoms with van der Waals surface area (Å²) in [6.07, 6.45) is 0. The molecule has 3 aromatic rings. The molecule has 0 saturated heterocycles. The number of benzene rings is 2. The van der Waals surface area contributed by atoms with E-state index in [2.05, 4.69) is 32.3 Å². The van der Waals surface area contributed by atoms with E-state index >= 15 is 0 Å². The van der Waals surface area contributed by atoms with Crippen molar-refractivity contribution in [3.63, 3.8) is 0 Å². The molecule has 2 aromatic carbocycles. The Hall–Kier alpha value is -1.59. The molecule has 0 aliphatic carbocycles. The van der Waals surface area contributed by atoms with Crippen LogP contribution in [0, 0.1) is 0 Å². The number of nitrogens with one attached hydrogen (secondary N) is 1. The standard InChI is InChI=1S/C13H10BrN3S/c14-10-5-8(15)1-3-11(10)17-9-2-4-12-13(6-9)18-7-16-12/h1-7,17H,15H2. The van der Waals surface area contributed by atoms with E-state index in [4.69, 9.17) is 5.73 Å². The molecule has 5 heteroatoms. The summed E-state index contributed by atoms with van der Waals surface area (Å²) in [5, 5.41) is 3.36. The number of thiazole rings is 1. The van der Waals surface area contributed by atoms with Crippen LogP contribution in [-0.2, 0) is 0 Å². The monoisotopic (exact) mass is 319 g/mol. The number of hydrogen-bond donors (Lipinski definition) is 2. The molecule has 1 aromatic heterocycles. The molecule has 18 heavy (non-hydrogen) atoms. The normalized spacial score (nSPS) is 10.7. The van der Waals surface area contributed by atoms with Crippen LogP contribution >= 0.6 is 27.3 Å². The zero-order valence-electron chi connectivity index (χ0n) is 9.35. The van der Waals surface area contributed by atoms with E-state index in [0.717, 1.165) is 27.1 Å². The van der Waals surface area contributed by atoms with Crippen LogP contribution in [-0.4, -0.2) is 4.98 Å². The molecular weight excluding hydrogens is 310 g/mol. The highest BCUT2D eigenvalue weighted by Gasteiger charge is 2.02. The highest BCUT2D eigenvalue weighted by Crippen LogP contribution is 2.29. The van der Waals surface area contributed by atoms with Crippen molar-refractivity contribution in [3.05, 3.63) is 46.4 Å². The molecule has 0 amide bonds. The van der Waals surface area contributed by atoms with Gasteiger partial charge in [-0.25, -0.2) is 4.98 Å². The first-order chi connectivity index (χ1) is 8.72. The minimum atomic E-state index is 0.741. The van der Waals surface area contributed by atoms with Crippen LogP contribution in [0.1, 0.15) is 0 Å². The van der Waals surface area contributed by atoms with Gasteiger partial charge in [-0.05, 0) is 52.3 Å². The van der Waals surface area contributed by atoms with E-state index in [1.807, 2.05) is 35.8 Å². The number of hydrogen-bond acceptors (Lipinski definition) is 4. The Bertz CT molecular complexity index is 708. The van der Waals surface area contributed by atoms with Crippen LogP contribution < -0.4 is 11.1 Å². The number of nitrogens with two attached hydrogens (primary N) is 1. The summed E-state index contributed by atoms with van der Waals surface area (Å²) in [6.45, 7) is 0. The molecule has 3 rings (SSSR count). The lowest BCUT2D eigenvalue weighted by molar-refractivity contribution is 1.49. The van der Waals surface area contributed by atoms with Crippen molar-refractivity contribution in [1.82, 2.24) is 4.98 Å². The number of anilines is 3. The lowest BCUT2D eigenvalue weighted by Crippen LogP contribution is -1.92. The number of fused-ring (bicyclic) bond motifs is 1. The zero-order valence-corrected chi connectivity index (χ0v) is 11.8. The number of halogens is 1. The molecule has 1 heterocycles. The Morgan fingerprint density at radius 3 is 2.89 bits per heavy atom. The van der Waals surface area contributed by atoms with E-state index in [1.165, 1.54) is 4.70 Å². The Morgan fingerprint density at radius 1 is 1.17 bits per heavy atom. The van der Waals surface area contributed by atoms with Crippen molar-refractivity contribution in [2.45, 2.75) is 0 Å². The summed E-state index contributed by atoms with van der Waals surface area (Å²) in [5.41, 5.74) is 11.4. The van der Waals surface area contributed by atoms with Crippen molar-refractivity contribution in [3.8, 4) is 0 Å². The minimum Gasteiger partial charge on any atom is -0.399 e. The fraction of sp³-hybridized carbons (Fsp3) is 0. The van der Waals surface area contributed by atoms with E-state index in [1.54, 1.807) is 11.3 Å². The largest absolute Gasteiger partial charge is 0.399 e. The smallest absolute Gasteiger partial charge is 0.0813 e. The summed E-state index contributed by atoms with van der Waals surface area (Å²) < 4.78 is 2.12. The van der Waals surface area contributed by atoms with Gasteiger partial charge in [-0.1, -0.05) is 0 Å². The molecule has 0 aliphatic heterocycles. The predicted molar refractivity (Wildman–Crippen MR) is 81.5 cm³/mol. The molecule has 0 bridgehead atoms. The zero-order chi connectivity index (χ0) is 12.5. The second kappa shape index (κ2) is 4.59. The SMILES string of the molecule is Nc1ccc(Nc2ccc3ncsc3c2)c(Br)c1. The van der Waals surface area contributed by atoms with Gasteiger partial charge in [0.25, 0.3) is 0 Å². The van der Waals surface area contributed by atoms with Crippen LogP contribution in [0.3, 0.4) is 0 Å². The Kier molecular flexibility index (Phi) is 2.93. The predicted octanol–water partition coefficient (Wildman–Crippen LogP) is 4.38. The third-order valence-electron chi connectivity index (χ3n) is 2.60. The molecule has 0 unspecified atom stereocenters. The topological polar surface area (TPSA) is 50.9 Å². The quantitative estimate of drug-likeness (QED) is 0.689. The van der Waals surface area contributed by atoms with Crippen LogP contribution in [0.25, 0.3) is 10.2 Å². The minimum absolute atomic E-state index is 0.741. The summed E-state index contributed by atoms with van der Waals surface area (Å²) in [4.78, 5) is 4.26. The summed E-state index contributed by atoms with van der Waals surface area (Å²) >= 11 is 5.13. The van der Waals surface area contributed by atoms with E-state index in [9.17, 15) is 0 Å². The van der Waals surface area contributed by atoms with E-state index in [-0.39, 0.29) is 0 Å². The van der Waals surface area contributed by atoms with E-state index < -0.39 is 0 Å². The van der Waals surface area contributed by atoms with Gasteiger partial charge < -0.3 is 11.1 Å². The average Bonchev–Trinajstić information content (AvgIpc) is 2.80. The summed E-state index contributed by atoms with van der Waals surface area (Å²) in [7, 11) is 0. The molecule has 90 valence electrons. The molecule has 0 saturated carbocycles. The van der Waals surface area contributed by atoms with Crippen molar-refractivity contribution in [2.75, 3.05) is 11.1 Å². The van der Waals surface area contributed by atoms with Gasteiger partial charge in [0.1, 0.15) is 0 Å². The molecule has 3 nitrogen and oxygen atoms in total. The van der Waals surface area contributed by atoms with Crippen LogP contribution in [0.4, 0.5) is 17.1 Å². The Balaban J connectivity index is 1.95. The summed E-state index contributed by atoms with van der Waals surface area (Å²) in [5.74, 6) is 0. The lowest BCUT2D eigenvalue weighted by atomic mass is 10.2. The highest BCUT2D eigenvalue weighted by atomic mass is 79.9. The first-order valence-corrected chi connectivity index (χ1v) is 7.05. The second-order valence-corrected chi connectivity index (χ2v) is 5.64. The van der Waals surface area contributed by atoms with E-state index in [0.29, 0.717) is 0 Å². The summed E-state index contributed by atoms with van der Waals surface area (Å²) in [6, 6.07) is 11.8. The maximum atomic E-state index is 5.72. The highest BCUT2D eigenvalue weighted by molar-refractivity contribution is 9.10. The number of nitrogens with zero attached hydrogens (tertiary/aromatic N) is 1. The molecular formula is C13H10BrN3S. The molecule has 3 N–H and O–H groups in total. The van der Waals surface area contributed by atoms with Gasteiger partial charge in [0.15, 0.2) is 0 Å². The van der Waals surface area contributed by atoms with Gasteiger partial charge in [-0.3, -0.25) is 0 Å².